The molecular weight excluding hydrogens is 432 g/mol. The van der Waals surface area contributed by atoms with Crippen molar-refractivity contribution in [3.05, 3.63) is 87.7 Å². The van der Waals surface area contributed by atoms with E-state index >= 15 is 0 Å². The average Bonchev–Trinajstić information content (AvgIpc) is 3.27. The van der Waals surface area contributed by atoms with E-state index in [1.807, 2.05) is 0 Å². The predicted octanol–water partition coefficient (Wildman–Crippen LogP) is 2.34. The van der Waals surface area contributed by atoms with E-state index in [1.54, 1.807) is 60.0 Å². The van der Waals surface area contributed by atoms with Crippen molar-refractivity contribution < 1.29 is 19.1 Å². The summed E-state index contributed by atoms with van der Waals surface area (Å²) in [6, 6.07) is 16.6. The van der Waals surface area contributed by atoms with Gasteiger partial charge in [-0.15, -0.1) is 11.3 Å². The first-order valence-corrected chi connectivity index (χ1v) is 10.3. The minimum Gasteiger partial charge on any atom is -0.451 e. The quantitative estimate of drug-likeness (QED) is 0.435. The largest absolute Gasteiger partial charge is 0.451 e. The SMILES string of the molecule is NC(=O)c1ccsc1NC(=O)COC(=O)c1nn(-c2ccccc2)c(=O)c2ccccc12. The molecule has 0 atom stereocenters. The van der Waals surface area contributed by atoms with Crippen LogP contribution >= 0.6 is 11.3 Å². The molecule has 0 aliphatic carbocycles. The van der Waals surface area contributed by atoms with Gasteiger partial charge >= 0.3 is 5.97 Å². The molecule has 2 amide bonds. The van der Waals surface area contributed by atoms with Gasteiger partial charge < -0.3 is 15.8 Å². The highest BCUT2D eigenvalue weighted by Crippen LogP contribution is 2.22. The fourth-order valence-electron chi connectivity index (χ4n) is 3.05. The van der Waals surface area contributed by atoms with Gasteiger partial charge in [0.25, 0.3) is 17.4 Å². The number of primary amides is 1. The van der Waals surface area contributed by atoms with Crippen LogP contribution in [0.25, 0.3) is 16.5 Å². The Morgan fingerprint density at radius 3 is 2.41 bits per heavy atom. The van der Waals surface area contributed by atoms with E-state index in [0.29, 0.717) is 11.1 Å². The lowest BCUT2D eigenvalue weighted by atomic mass is 10.1. The summed E-state index contributed by atoms with van der Waals surface area (Å²) in [5.41, 5.74) is 5.40. The van der Waals surface area contributed by atoms with Gasteiger partial charge in [-0.2, -0.15) is 9.78 Å². The van der Waals surface area contributed by atoms with Crippen LogP contribution in [0.5, 0.6) is 0 Å². The number of para-hydroxylation sites is 1. The zero-order valence-electron chi connectivity index (χ0n) is 16.5. The van der Waals surface area contributed by atoms with Crippen LogP contribution < -0.4 is 16.6 Å². The summed E-state index contributed by atoms with van der Waals surface area (Å²) in [6.07, 6.45) is 0. The maximum atomic E-state index is 12.9. The Bertz CT molecular complexity index is 1390. The summed E-state index contributed by atoms with van der Waals surface area (Å²) in [5.74, 6) is -2.20. The summed E-state index contributed by atoms with van der Waals surface area (Å²) in [4.78, 5) is 49.3. The number of rotatable bonds is 6. The molecule has 0 aliphatic heterocycles. The first kappa shape index (κ1) is 20.9. The monoisotopic (exact) mass is 448 g/mol. The van der Waals surface area contributed by atoms with E-state index in [-0.39, 0.29) is 21.6 Å². The maximum Gasteiger partial charge on any atom is 0.359 e. The Morgan fingerprint density at radius 1 is 1.00 bits per heavy atom. The van der Waals surface area contributed by atoms with Crippen molar-refractivity contribution in [2.45, 2.75) is 0 Å². The Balaban J connectivity index is 1.60. The Labute approximate surface area is 185 Å². The predicted molar refractivity (Wildman–Crippen MR) is 119 cm³/mol. The van der Waals surface area contributed by atoms with Gasteiger partial charge in [-0.25, -0.2) is 4.79 Å². The molecule has 0 saturated heterocycles. The lowest BCUT2D eigenvalue weighted by molar-refractivity contribution is -0.119. The summed E-state index contributed by atoms with van der Waals surface area (Å²) in [7, 11) is 0. The number of carbonyl (C=O) groups excluding carboxylic acids is 3. The van der Waals surface area contributed by atoms with Crippen molar-refractivity contribution in [2.75, 3.05) is 11.9 Å². The molecule has 4 rings (SSSR count). The number of ether oxygens (including phenoxy) is 1. The maximum absolute atomic E-state index is 12.9. The minimum atomic E-state index is -0.873. The first-order chi connectivity index (χ1) is 15.5. The highest BCUT2D eigenvalue weighted by Gasteiger charge is 2.20. The fraction of sp³-hybridized carbons (Fsp3) is 0.0455. The molecule has 0 aliphatic rings. The van der Waals surface area contributed by atoms with Crippen LogP contribution in [0, 0.1) is 0 Å². The van der Waals surface area contributed by atoms with Gasteiger partial charge in [-0.1, -0.05) is 36.4 Å². The third-order valence-corrected chi connectivity index (χ3v) is 5.35. The van der Waals surface area contributed by atoms with Gasteiger partial charge in [0, 0.05) is 5.39 Å². The summed E-state index contributed by atoms with van der Waals surface area (Å²) in [5, 5.41) is 9.15. The second-order valence-electron chi connectivity index (χ2n) is 6.60. The van der Waals surface area contributed by atoms with Crippen LogP contribution in [-0.4, -0.2) is 34.2 Å². The Hall–Kier alpha value is -4.31. The molecule has 2 aromatic heterocycles. The van der Waals surface area contributed by atoms with Crippen molar-refractivity contribution in [3.63, 3.8) is 0 Å². The average molecular weight is 448 g/mol. The first-order valence-electron chi connectivity index (χ1n) is 9.37. The zero-order chi connectivity index (χ0) is 22.7. The number of anilines is 1. The lowest BCUT2D eigenvalue weighted by Crippen LogP contribution is -2.27. The summed E-state index contributed by atoms with van der Waals surface area (Å²) < 4.78 is 6.25. The molecule has 0 radical (unpaired) electrons. The van der Waals surface area contributed by atoms with Gasteiger partial charge in [0.1, 0.15) is 5.00 Å². The number of hydrogen-bond donors (Lipinski definition) is 2. The van der Waals surface area contributed by atoms with Crippen LogP contribution in [0.15, 0.2) is 70.8 Å². The normalized spacial score (nSPS) is 10.6. The number of nitrogens with zero attached hydrogens (tertiary/aromatic N) is 2. The molecule has 32 heavy (non-hydrogen) atoms. The second-order valence-corrected chi connectivity index (χ2v) is 7.51. The molecular formula is C22H16N4O5S. The molecule has 2 heterocycles. The number of hydrogen-bond acceptors (Lipinski definition) is 7. The molecule has 3 N–H and O–H groups in total. The third kappa shape index (κ3) is 4.12. The Kier molecular flexibility index (Phi) is 5.77. The lowest BCUT2D eigenvalue weighted by Gasteiger charge is -2.11. The van der Waals surface area contributed by atoms with Crippen molar-refractivity contribution in [2.24, 2.45) is 5.73 Å². The number of nitrogens with two attached hydrogens (primary N) is 1. The molecule has 10 heteroatoms. The highest BCUT2D eigenvalue weighted by molar-refractivity contribution is 7.14. The summed E-state index contributed by atoms with van der Waals surface area (Å²) in [6.45, 7) is -0.616. The number of aromatic nitrogens is 2. The minimum absolute atomic E-state index is 0.106. The van der Waals surface area contributed by atoms with Crippen LogP contribution in [0.1, 0.15) is 20.8 Å². The van der Waals surface area contributed by atoms with E-state index in [2.05, 4.69) is 10.4 Å². The number of nitrogens with one attached hydrogen (secondary N) is 1. The third-order valence-electron chi connectivity index (χ3n) is 4.52. The van der Waals surface area contributed by atoms with Crippen molar-refractivity contribution in [1.29, 1.82) is 0 Å². The van der Waals surface area contributed by atoms with E-state index < -0.39 is 29.9 Å². The van der Waals surface area contributed by atoms with Crippen molar-refractivity contribution in [1.82, 2.24) is 9.78 Å². The molecule has 0 bridgehead atoms. The zero-order valence-corrected chi connectivity index (χ0v) is 17.3. The Morgan fingerprint density at radius 2 is 1.69 bits per heavy atom. The van der Waals surface area contributed by atoms with Gasteiger partial charge in [0.05, 0.1) is 16.6 Å². The molecule has 4 aromatic rings. The molecule has 0 fully saturated rings. The number of thiophene rings is 1. The van der Waals surface area contributed by atoms with E-state index in [1.165, 1.54) is 6.07 Å². The van der Waals surface area contributed by atoms with E-state index in [9.17, 15) is 19.2 Å². The number of esters is 1. The van der Waals surface area contributed by atoms with Crippen LogP contribution in [-0.2, 0) is 9.53 Å². The molecule has 0 spiro atoms. The summed E-state index contributed by atoms with van der Waals surface area (Å²) >= 11 is 1.12. The molecule has 2 aromatic carbocycles. The van der Waals surface area contributed by atoms with Crippen LogP contribution in [0.2, 0.25) is 0 Å². The van der Waals surface area contributed by atoms with Gasteiger partial charge in [0.15, 0.2) is 12.3 Å². The molecule has 0 unspecified atom stereocenters. The topological polar surface area (TPSA) is 133 Å². The standard InChI is InChI=1S/C22H16N4O5S/c23-19(28)16-10-11-32-20(16)24-17(27)12-31-22(30)18-14-8-4-5-9-15(14)21(29)26(25-18)13-6-2-1-3-7-13/h1-11H,12H2,(H2,23,28)(H,24,27). The van der Waals surface area contributed by atoms with Crippen molar-refractivity contribution >= 4 is 44.9 Å². The second kappa shape index (κ2) is 8.82. The number of benzene rings is 2. The highest BCUT2D eigenvalue weighted by atomic mass is 32.1. The molecule has 9 nitrogen and oxygen atoms in total. The van der Waals surface area contributed by atoms with Crippen LogP contribution in [0.4, 0.5) is 5.00 Å². The molecule has 0 saturated carbocycles. The van der Waals surface area contributed by atoms with Crippen molar-refractivity contribution in [3.8, 4) is 5.69 Å². The van der Waals surface area contributed by atoms with Crippen LogP contribution in [0.3, 0.4) is 0 Å². The number of amides is 2. The molecule has 160 valence electrons. The number of fused-ring (bicyclic) bond motifs is 1. The number of carbonyl (C=O) groups is 3. The van der Waals surface area contributed by atoms with E-state index in [0.717, 1.165) is 16.0 Å². The fourth-order valence-corrected chi connectivity index (χ4v) is 3.86. The van der Waals surface area contributed by atoms with Gasteiger partial charge in [-0.3, -0.25) is 14.4 Å². The smallest absolute Gasteiger partial charge is 0.359 e. The van der Waals surface area contributed by atoms with Gasteiger partial charge in [-0.05, 0) is 29.6 Å². The van der Waals surface area contributed by atoms with Gasteiger partial charge in [0.2, 0.25) is 0 Å². The van der Waals surface area contributed by atoms with E-state index in [4.69, 9.17) is 10.5 Å².